The Morgan fingerprint density at radius 2 is 1.81 bits per heavy atom. The number of hydrogen-bond acceptors (Lipinski definition) is 4. The minimum absolute atomic E-state index is 0.0835. The van der Waals surface area contributed by atoms with E-state index in [4.69, 9.17) is 4.52 Å². The van der Waals surface area contributed by atoms with E-state index in [1.807, 2.05) is 56.6 Å². The zero-order valence-corrected chi connectivity index (χ0v) is 15.3. The average Bonchev–Trinajstić information content (AvgIpc) is 3.13. The number of aromatic nitrogens is 1. The van der Waals surface area contributed by atoms with E-state index >= 15 is 0 Å². The van der Waals surface area contributed by atoms with E-state index < -0.39 is 0 Å². The maximum atomic E-state index is 12.7. The van der Waals surface area contributed by atoms with E-state index in [0.717, 1.165) is 5.56 Å². The van der Waals surface area contributed by atoms with Gasteiger partial charge in [-0.05, 0) is 32.1 Å². The first-order valence-corrected chi connectivity index (χ1v) is 8.58. The fourth-order valence-electron chi connectivity index (χ4n) is 3.02. The molecule has 0 aliphatic heterocycles. The molecular formula is C21H23N3O2. The molecule has 0 saturated carbocycles. The molecule has 134 valence electrons. The van der Waals surface area contributed by atoms with Gasteiger partial charge in [0.2, 0.25) is 0 Å². The summed E-state index contributed by atoms with van der Waals surface area (Å²) >= 11 is 0. The van der Waals surface area contributed by atoms with Gasteiger partial charge in [0.1, 0.15) is 5.56 Å². The van der Waals surface area contributed by atoms with Crippen molar-refractivity contribution in [3.05, 3.63) is 77.5 Å². The van der Waals surface area contributed by atoms with E-state index in [2.05, 4.69) is 34.4 Å². The summed E-state index contributed by atoms with van der Waals surface area (Å²) in [6.07, 6.45) is 1.47. The monoisotopic (exact) mass is 349 g/mol. The van der Waals surface area contributed by atoms with Crippen molar-refractivity contribution >= 4 is 5.91 Å². The van der Waals surface area contributed by atoms with Crippen LogP contribution in [0.2, 0.25) is 0 Å². The van der Waals surface area contributed by atoms with E-state index in [0.29, 0.717) is 17.9 Å². The van der Waals surface area contributed by atoms with Gasteiger partial charge in [0.05, 0.1) is 12.2 Å². The average molecular weight is 349 g/mol. The smallest absolute Gasteiger partial charge is 0.256 e. The molecule has 0 fully saturated rings. The lowest BCUT2D eigenvalue weighted by Crippen LogP contribution is -2.35. The van der Waals surface area contributed by atoms with Crippen molar-refractivity contribution in [3.8, 4) is 11.3 Å². The highest BCUT2D eigenvalue weighted by Gasteiger charge is 2.21. The number of rotatable bonds is 6. The second kappa shape index (κ2) is 7.97. The third-order valence-electron chi connectivity index (χ3n) is 4.48. The van der Waals surface area contributed by atoms with Gasteiger partial charge in [-0.15, -0.1) is 0 Å². The summed E-state index contributed by atoms with van der Waals surface area (Å²) in [6, 6.07) is 17.8. The van der Waals surface area contributed by atoms with Crippen molar-refractivity contribution < 1.29 is 9.32 Å². The van der Waals surface area contributed by atoms with Crippen molar-refractivity contribution in [2.24, 2.45) is 0 Å². The Balaban J connectivity index is 1.77. The maximum absolute atomic E-state index is 12.7. The van der Waals surface area contributed by atoms with E-state index in [1.54, 1.807) is 0 Å². The summed E-state index contributed by atoms with van der Waals surface area (Å²) < 4.78 is 5.31. The van der Waals surface area contributed by atoms with E-state index in [-0.39, 0.29) is 11.9 Å². The van der Waals surface area contributed by atoms with Crippen LogP contribution in [0.3, 0.4) is 0 Å². The molecule has 3 rings (SSSR count). The molecule has 0 aliphatic carbocycles. The highest BCUT2D eigenvalue weighted by atomic mass is 16.5. The van der Waals surface area contributed by atoms with Gasteiger partial charge in [-0.25, -0.2) is 0 Å². The van der Waals surface area contributed by atoms with Crippen molar-refractivity contribution in [1.29, 1.82) is 0 Å². The van der Waals surface area contributed by atoms with Gasteiger partial charge in [0.25, 0.3) is 5.91 Å². The molecule has 1 N–H and O–H groups in total. The number of amides is 1. The lowest BCUT2D eigenvalue weighted by atomic mass is 10.0. The molecular weight excluding hydrogens is 326 g/mol. The van der Waals surface area contributed by atoms with Crippen LogP contribution in [0.1, 0.15) is 27.5 Å². The first-order chi connectivity index (χ1) is 12.6. The SMILES string of the molecule is Cc1ccccc1[C@H](CNC(=O)c1cnoc1-c1ccccc1)N(C)C. The largest absolute Gasteiger partial charge is 0.355 e. The number of hydrogen-bond donors (Lipinski definition) is 1. The van der Waals surface area contributed by atoms with Gasteiger partial charge in [-0.1, -0.05) is 59.8 Å². The third-order valence-corrected chi connectivity index (χ3v) is 4.48. The summed E-state index contributed by atoms with van der Waals surface area (Å²) in [5.74, 6) is 0.297. The van der Waals surface area contributed by atoms with Crippen LogP contribution in [0, 0.1) is 6.92 Å². The molecule has 1 atom stereocenters. The van der Waals surface area contributed by atoms with Crippen molar-refractivity contribution in [2.75, 3.05) is 20.6 Å². The summed E-state index contributed by atoms with van der Waals surface area (Å²) in [4.78, 5) is 14.8. The molecule has 0 unspecified atom stereocenters. The van der Waals surface area contributed by atoms with Crippen LogP contribution in [0.25, 0.3) is 11.3 Å². The van der Waals surface area contributed by atoms with Gasteiger partial charge < -0.3 is 14.7 Å². The fraction of sp³-hybridized carbons (Fsp3) is 0.238. The predicted octanol–water partition coefficient (Wildman–Crippen LogP) is 3.68. The second-order valence-electron chi connectivity index (χ2n) is 6.48. The predicted molar refractivity (Wildman–Crippen MR) is 102 cm³/mol. The quantitative estimate of drug-likeness (QED) is 0.737. The fourth-order valence-corrected chi connectivity index (χ4v) is 3.02. The Morgan fingerprint density at radius 1 is 1.12 bits per heavy atom. The highest BCUT2D eigenvalue weighted by molar-refractivity contribution is 5.99. The summed E-state index contributed by atoms with van der Waals surface area (Å²) in [5, 5.41) is 6.83. The number of nitrogens with one attached hydrogen (secondary N) is 1. The first kappa shape index (κ1) is 17.9. The summed E-state index contributed by atoms with van der Waals surface area (Å²) in [6.45, 7) is 2.58. The Bertz CT molecular complexity index is 872. The highest BCUT2D eigenvalue weighted by Crippen LogP contribution is 2.24. The standard InChI is InChI=1S/C21H23N3O2/c1-15-9-7-8-12-17(15)19(24(2)3)14-22-21(25)18-13-23-26-20(18)16-10-5-4-6-11-16/h4-13,19H,14H2,1-3H3,(H,22,25)/t19-/m0/s1. The Labute approximate surface area is 153 Å². The molecule has 2 aromatic carbocycles. The molecule has 3 aromatic rings. The minimum atomic E-state index is -0.189. The number of benzene rings is 2. The number of nitrogens with zero attached hydrogens (tertiary/aromatic N) is 2. The molecule has 0 radical (unpaired) electrons. The van der Waals surface area contributed by atoms with Crippen molar-refractivity contribution in [3.63, 3.8) is 0 Å². The molecule has 26 heavy (non-hydrogen) atoms. The molecule has 1 heterocycles. The molecule has 5 heteroatoms. The first-order valence-electron chi connectivity index (χ1n) is 8.58. The molecule has 0 bridgehead atoms. The van der Waals surface area contributed by atoms with Gasteiger partial charge in [-0.2, -0.15) is 0 Å². The van der Waals surface area contributed by atoms with Gasteiger partial charge in [-0.3, -0.25) is 4.79 Å². The molecule has 0 spiro atoms. The number of carbonyl (C=O) groups is 1. The van der Waals surface area contributed by atoms with Crippen LogP contribution >= 0.6 is 0 Å². The minimum Gasteiger partial charge on any atom is -0.355 e. The molecule has 1 amide bonds. The van der Waals surface area contributed by atoms with Crippen LogP contribution in [0.4, 0.5) is 0 Å². The normalized spacial score (nSPS) is 12.2. The Hall–Kier alpha value is -2.92. The van der Waals surface area contributed by atoms with Crippen molar-refractivity contribution in [2.45, 2.75) is 13.0 Å². The van der Waals surface area contributed by atoms with Crippen LogP contribution in [-0.2, 0) is 0 Å². The van der Waals surface area contributed by atoms with Crippen LogP contribution < -0.4 is 5.32 Å². The molecule has 5 nitrogen and oxygen atoms in total. The molecule has 1 aromatic heterocycles. The van der Waals surface area contributed by atoms with Gasteiger partial charge in [0.15, 0.2) is 5.76 Å². The lowest BCUT2D eigenvalue weighted by Gasteiger charge is -2.26. The van der Waals surface area contributed by atoms with Crippen LogP contribution in [0.15, 0.2) is 65.3 Å². The van der Waals surface area contributed by atoms with Gasteiger partial charge in [0, 0.05) is 12.1 Å². The number of likely N-dealkylation sites (N-methyl/N-ethyl adjacent to an activating group) is 1. The second-order valence-corrected chi connectivity index (χ2v) is 6.48. The van der Waals surface area contributed by atoms with E-state index in [1.165, 1.54) is 17.3 Å². The van der Waals surface area contributed by atoms with Crippen LogP contribution in [0.5, 0.6) is 0 Å². The third kappa shape index (κ3) is 3.83. The number of aryl methyl sites for hydroxylation is 1. The Morgan fingerprint density at radius 3 is 2.50 bits per heavy atom. The molecule has 0 aliphatic rings. The molecule has 0 saturated heterocycles. The van der Waals surface area contributed by atoms with Crippen LogP contribution in [-0.4, -0.2) is 36.6 Å². The van der Waals surface area contributed by atoms with E-state index in [9.17, 15) is 4.79 Å². The topological polar surface area (TPSA) is 58.4 Å². The number of carbonyl (C=O) groups excluding carboxylic acids is 1. The zero-order valence-electron chi connectivity index (χ0n) is 15.3. The maximum Gasteiger partial charge on any atom is 0.256 e. The zero-order chi connectivity index (χ0) is 18.5. The Kier molecular flexibility index (Phi) is 5.49. The van der Waals surface area contributed by atoms with Crippen molar-refractivity contribution in [1.82, 2.24) is 15.4 Å². The lowest BCUT2D eigenvalue weighted by molar-refractivity contribution is 0.0942. The summed E-state index contributed by atoms with van der Waals surface area (Å²) in [5.41, 5.74) is 3.68. The summed E-state index contributed by atoms with van der Waals surface area (Å²) in [7, 11) is 4.02. The van der Waals surface area contributed by atoms with Gasteiger partial charge >= 0.3 is 0 Å².